The predicted molar refractivity (Wildman–Crippen MR) is 83.8 cm³/mol. The number of nitrogens with one attached hydrogen (secondary N) is 1. The van der Waals surface area contributed by atoms with E-state index in [1.54, 1.807) is 0 Å². The third kappa shape index (κ3) is 3.13. The molecule has 2 heterocycles. The minimum atomic E-state index is -1.18. The Morgan fingerprint density at radius 1 is 1.42 bits per heavy atom. The van der Waals surface area contributed by atoms with Crippen LogP contribution in [-0.2, 0) is 9.59 Å². The summed E-state index contributed by atoms with van der Waals surface area (Å²) in [5.41, 5.74) is 0.593. The zero-order valence-corrected chi connectivity index (χ0v) is 13.0. The predicted octanol–water partition coefficient (Wildman–Crippen LogP) is -0.561. The summed E-state index contributed by atoms with van der Waals surface area (Å²) >= 11 is 0. The van der Waals surface area contributed by atoms with E-state index in [0.717, 1.165) is 10.6 Å². The van der Waals surface area contributed by atoms with Crippen molar-refractivity contribution in [3.63, 3.8) is 0 Å². The average Bonchev–Trinajstić information content (AvgIpc) is 3.00. The molecule has 0 radical (unpaired) electrons. The monoisotopic (exact) mass is 328 g/mol. The van der Waals surface area contributed by atoms with Crippen molar-refractivity contribution in [1.82, 2.24) is 10.2 Å². The maximum Gasteiger partial charge on any atom is 0.248 e. The molecule has 2 aliphatic heterocycles. The van der Waals surface area contributed by atoms with Crippen molar-refractivity contribution < 1.29 is 14.0 Å². The number of likely N-dealkylation sites (tertiary alicyclic amines) is 1. The van der Waals surface area contributed by atoms with Gasteiger partial charge in [-0.25, -0.2) is 4.39 Å². The van der Waals surface area contributed by atoms with E-state index >= 15 is 0 Å². The van der Waals surface area contributed by atoms with Crippen LogP contribution < -0.4 is 15.9 Å². The molecule has 24 heavy (non-hydrogen) atoms. The van der Waals surface area contributed by atoms with Gasteiger partial charge >= 0.3 is 0 Å². The van der Waals surface area contributed by atoms with Crippen molar-refractivity contribution >= 4 is 17.4 Å². The van der Waals surface area contributed by atoms with Crippen LogP contribution in [0.25, 0.3) is 5.57 Å². The minimum Gasteiger partial charge on any atom is -0.343 e. The van der Waals surface area contributed by atoms with Gasteiger partial charge in [-0.1, -0.05) is 18.2 Å². The number of amides is 2. The van der Waals surface area contributed by atoms with Crippen LogP contribution in [0.2, 0.25) is 0 Å². The van der Waals surface area contributed by atoms with Crippen LogP contribution in [-0.4, -0.2) is 48.6 Å². The van der Waals surface area contributed by atoms with Gasteiger partial charge in [0.2, 0.25) is 11.8 Å². The molecule has 2 aliphatic rings. The number of carbonyl (C=O) groups is 2. The Morgan fingerprint density at radius 2 is 2.21 bits per heavy atom. The molecule has 0 bridgehead atoms. The van der Waals surface area contributed by atoms with E-state index in [0.29, 0.717) is 18.5 Å². The lowest BCUT2D eigenvalue weighted by Crippen LogP contribution is -2.44. The highest BCUT2D eigenvalue weighted by Crippen LogP contribution is 2.19. The third-order valence-electron chi connectivity index (χ3n) is 4.27. The molecule has 1 aromatic rings. The highest BCUT2D eigenvalue weighted by molar-refractivity contribution is 6.14. The molecule has 0 spiro atoms. The first-order chi connectivity index (χ1) is 11.6. The van der Waals surface area contributed by atoms with E-state index in [-0.39, 0.29) is 25.4 Å². The molecule has 1 fully saturated rings. The summed E-state index contributed by atoms with van der Waals surface area (Å²) in [6.45, 7) is 0.192. The van der Waals surface area contributed by atoms with E-state index in [2.05, 4.69) is 10.3 Å². The Morgan fingerprint density at radius 3 is 3.00 bits per heavy atom. The third-order valence-corrected chi connectivity index (χ3v) is 4.27. The van der Waals surface area contributed by atoms with Gasteiger partial charge in [0, 0.05) is 23.8 Å². The number of benzene rings is 1. The van der Waals surface area contributed by atoms with Crippen LogP contribution in [0.15, 0.2) is 29.3 Å². The number of hydrogen-bond acceptors (Lipinski definition) is 4. The number of nitriles is 1. The van der Waals surface area contributed by atoms with Crippen molar-refractivity contribution in [3.05, 3.63) is 34.8 Å². The fourth-order valence-corrected chi connectivity index (χ4v) is 3.07. The molecule has 0 saturated carbocycles. The SMILES string of the molecule is N#CC1CC(F)CN1C(=O)CNC(=O)C1=c2ccccc2=NCC1. The molecular weight excluding hydrogens is 311 g/mol. The first kappa shape index (κ1) is 16.1. The number of para-hydroxylation sites is 1. The number of rotatable bonds is 3. The molecule has 0 aromatic heterocycles. The summed E-state index contributed by atoms with van der Waals surface area (Å²) in [5.74, 6) is -0.764. The lowest BCUT2D eigenvalue weighted by Gasteiger charge is -2.19. The summed E-state index contributed by atoms with van der Waals surface area (Å²) in [5, 5.41) is 13.1. The van der Waals surface area contributed by atoms with Crippen molar-refractivity contribution in [1.29, 1.82) is 5.26 Å². The Balaban J connectivity index is 1.70. The quantitative estimate of drug-likeness (QED) is 0.807. The number of fused-ring (bicyclic) bond motifs is 1. The van der Waals surface area contributed by atoms with E-state index in [1.165, 1.54) is 4.90 Å². The second-order valence-electron chi connectivity index (χ2n) is 5.83. The normalized spacial score (nSPS) is 22.3. The number of carbonyl (C=O) groups excluding carboxylic acids is 2. The van der Waals surface area contributed by atoms with Gasteiger partial charge < -0.3 is 10.2 Å². The Labute approximate surface area is 138 Å². The molecule has 1 aromatic carbocycles. The largest absolute Gasteiger partial charge is 0.343 e. The van der Waals surface area contributed by atoms with Gasteiger partial charge in [-0.05, 0) is 12.5 Å². The Hall–Kier alpha value is -2.75. The highest BCUT2D eigenvalue weighted by atomic mass is 19.1. The molecule has 7 heteroatoms. The van der Waals surface area contributed by atoms with Gasteiger partial charge in [-0.2, -0.15) is 5.26 Å². The van der Waals surface area contributed by atoms with Gasteiger partial charge in [0.25, 0.3) is 0 Å². The number of nitrogens with zero attached hydrogens (tertiary/aromatic N) is 3. The number of halogens is 1. The van der Waals surface area contributed by atoms with Crippen LogP contribution in [0, 0.1) is 11.3 Å². The van der Waals surface area contributed by atoms with Crippen molar-refractivity contribution in [3.8, 4) is 6.07 Å². The molecular formula is C17H17FN4O2. The lowest BCUT2D eigenvalue weighted by atomic mass is 10.1. The maximum atomic E-state index is 13.4. The molecule has 2 atom stereocenters. The molecule has 1 saturated heterocycles. The lowest BCUT2D eigenvalue weighted by molar-refractivity contribution is -0.132. The van der Waals surface area contributed by atoms with E-state index in [9.17, 15) is 14.0 Å². The molecule has 2 unspecified atom stereocenters. The smallest absolute Gasteiger partial charge is 0.248 e. The Kier molecular flexibility index (Phi) is 4.56. The topological polar surface area (TPSA) is 85.6 Å². The fraction of sp³-hybridized carbons (Fsp3) is 0.412. The average molecular weight is 328 g/mol. The zero-order chi connectivity index (χ0) is 17.1. The van der Waals surface area contributed by atoms with Crippen molar-refractivity contribution in [2.45, 2.75) is 25.1 Å². The standard InChI is InChI=1S/C17H17FN4O2/c18-11-7-12(8-19)22(10-11)16(23)9-21-17(24)14-5-6-20-15-4-2-1-3-13(14)15/h1-4,11-12H,5-7,9-10H2,(H,21,24). The maximum absolute atomic E-state index is 13.4. The molecule has 1 N–H and O–H groups in total. The summed E-state index contributed by atoms with van der Waals surface area (Å²) < 4.78 is 13.4. The van der Waals surface area contributed by atoms with Crippen LogP contribution in [0.4, 0.5) is 4.39 Å². The molecule has 124 valence electrons. The first-order valence-corrected chi connectivity index (χ1v) is 7.84. The first-order valence-electron chi connectivity index (χ1n) is 7.84. The second kappa shape index (κ2) is 6.79. The molecule has 6 nitrogen and oxygen atoms in total. The van der Waals surface area contributed by atoms with Crippen LogP contribution in [0.1, 0.15) is 12.8 Å². The van der Waals surface area contributed by atoms with Gasteiger partial charge in [-0.15, -0.1) is 0 Å². The zero-order valence-electron chi connectivity index (χ0n) is 13.0. The van der Waals surface area contributed by atoms with Gasteiger partial charge in [-0.3, -0.25) is 14.6 Å². The summed E-state index contributed by atoms with van der Waals surface area (Å²) in [7, 11) is 0. The van der Waals surface area contributed by atoms with Crippen LogP contribution in [0.5, 0.6) is 0 Å². The van der Waals surface area contributed by atoms with Gasteiger partial charge in [0.1, 0.15) is 12.2 Å². The van der Waals surface area contributed by atoms with E-state index < -0.39 is 18.1 Å². The van der Waals surface area contributed by atoms with Gasteiger partial charge in [0.15, 0.2) is 0 Å². The minimum absolute atomic E-state index is 0.0302. The summed E-state index contributed by atoms with van der Waals surface area (Å²) in [6, 6.07) is 8.53. The molecule has 2 amide bonds. The van der Waals surface area contributed by atoms with Crippen molar-refractivity contribution in [2.24, 2.45) is 4.99 Å². The highest BCUT2D eigenvalue weighted by Gasteiger charge is 2.35. The van der Waals surface area contributed by atoms with Gasteiger partial charge in [0.05, 0.1) is 24.5 Å². The molecule has 3 rings (SSSR count). The number of alkyl halides is 1. The summed E-state index contributed by atoms with van der Waals surface area (Å²) in [6.07, 6.45) is -0.646. The number of hydrogen-bond donors (Lipinski definition) is 1. The van der Waals surface area contributed by atoms with E-state index in [4.69, 9.17) is 5.26 Å². The second-order valence-corrected chi connectivity index (χ2v) is 5.83. The van der Waals surface area contributed by atoms with Crippen LogP contribution >= 0.6 is 0 Å². The van der Waals surface area contributed by atoms with E-state index in [1.807, 2.05) is 30.3 Å². The van der Waals surface area contributed by atoms with Crippen molar-refractivity contribution in [2.75, 3.05) is 19.6 Å². The summed E-state index contributed by atoms with van der Waals surface area (Å²) in [4.78, 5) is 30.1. The fourth-order valence-electron chi connectivity index (χ4n) is 3.07. The van der Waals surface area contributed by atoms with Crippen LogP contribution in [0.3, 0.4) is 0 Å². The molecule has 0 aliphatic carbocycles. The Bertz CT molecular complexity index is 830.